The van der Waals surface area contributed by atoms with Crippen LogP contribution in [0, 0.1) is 25.7 Å². The van der Waals surface area contributed by atoms with E-state index in [0.29, 0.717) is 41.2 Å². The Morgan fingerprint density at radius 2 is 1.05 bits per heavy atom. The number of halogens is 2. The molecule has 0 aliphatic heterocycles. The number of azo groups is 2. The summed E-state index contributed by atoms with van der Waals surface area (Å²) in [6.45, 7) is 11.4. The fourth-order valence-electron chi connectivity index (χ4n) is 7.84. The maximum atomic E-state index is 13.7. The number of hydrogen-bond acceptors (Lipinski definition) is 11. The molecule has 2 unspecified atom stereocenters. The van der Waals surface area contributed by atoms with E-state index >= 15 is 0 Å². The minimum Gasteiger partial charge on any atom is -0.388 e. The van der Waals surface area contributed by atoms with Gasteiger partial charge in [-0.25, -0.2) is 9.36 Å². The lowest BCUT2D eigenvalue weighted by atomic mass is 9.77. The van der Waals surface area contributed by atoms with Gasteiger partial charge in [0.1, 0.15) is 0 Å². The van der Waals surface area contributed by atoms with Crippen molar-refractivity contribution in [2.45, 2.75) is 89.0 Å². The van der Waals surface area contributed by atoms with Crippen molar-refractivity contribution in [2.24, 2.45) is 32.3 Å². The highest BCUT2D eigenvalue weighted by Crippen LogP contribution is 2.42. The second-order valence-corrected chi connectivity index (χ2v) is 19.2. The van der Waals surface area contributed by atoms with E-state index in [0.717, 1.165) is 57.6 Å². The predicted octanol–water partition coefficient (Wildman–Crippen LogP) is 10.9. The largest absolute Gasteiger partial charge is 0.388 e. The zero-order chi connectivity index (χ0) is 47.5. The lowest BCUT2D eigenvalue weighted by Crippen LogP contribution is -2.16. The molecule has 0 amide bonds. The Hall–Kier alpha value is -5.54. The van der Waals surface area contributed by atoms with Crippen molar-refractivity contribution in [3.63, 3.8) is 0 Å². The van der Waals surface area contributed by atoms with Crippen molar-refractivity contribution in [3.8, 4) is 11.4 Å². The minimum atomic E-state index is -4.60. The van der Waals surface area contributed by atoms with Crippen LogP contribution >= 0.6 is 23.2 Å². The van der Waals surface area contributed by atoms with Gasteiger partial charge in [0, 0.05) is 11.5 Å². The van der Waals surface area contributed by atoms with Crippen LogP contribution in [0.4, 0.5) is 22.7 Å². The van der Waals surface area contributed by atoms with Crippen LogP contribution in [0.3, 0.4) is 0 Å². The minimum absolute atomic E-state index is 0.00405. The zero-order valence-corrected chi connectivity index (χ0v) is 39.3. The van der Waals surface area contributed by atoms with E-state index in [1.807, 2.05) is 38.1 Å². The molecule has 0 saturated heterocycles. The van der Waals surface area contributed by atoms with Gasteiger partial charge in [-0.05, 0) is 91.4 Å². The van der Waals surface area contributed by atoms with Gasteiger partial charge in [-0.3, -0.25) is 28.9 Å². The smallest absolute Gasteiger partial charge is 0.299 e. The van der Waals surface area contributed by atoms with Crippen LogP contribution in [0.25, 0.3) is 11.4 Å². The highest BCUT2D eigenvalue weighted by atomic mass is 35.5. The number of aliphatic hydroxyl groups is 1. The van der Waals surface area contributed by atoms with Gasteiger partial charge in [-0.2, -0.15) is 21.9 Å². The van der Waals surface area contributed by atoms with E-state index < -0.39 is 47.2 Å². The molecule has 65 heavy (non-hydrogen) atoms. The highest BCUT2D eigenvalue weighted by molar-refractivity contribution is 7.86. The van der Waals surface area contributed by atoms with E-state index in [-0.39, 0.29) is 50.5 Å². The molecule has 0 aliphatic carbocycles. The number of aliphatic hydroxyl groups excluding tert-OH is 1. The van der Waals surface area contributed by atoms with Gasteiger partial charge in [-0.1, -0.05) is 101 Å². The summed E-state index contributed by atoms with van der Waals surface area (Å²) in [4.78, 5) is 26.2. The third-order valence-electron chi connectivity index (χ3n) is 11.5. The van der Waals surface area contributed by atoms with Crippen LogP contribution in [0.2, 0.25) is 10.0 Å². The topological polar surface area (TPSA) is 254 Å². The van der Waals surface area contributed by atoms with Crippen LogP contribution in [-0.4, -0.2) is 50.6 Å². The molecule has 6 aromatic rings. The average Bonchev–Trinajstić information content (AvgIpc) is 3.71. The SMILES string of the molecule is CCC(CC)C(O)c1cc(C(c2ccc(N=Nc3c(C)[nH]n(-c4cc(S(=O)(=O)O)ccc4Cl)c3=O)cc2)C(CC)CC)ccc1N=Nc1c(C)[nH]n(-c2cc(S(=O)(=O)O)ccc2Cl)c1=O. The summed E-state index contributed by atoms with van der Waals surface area (Å²) >= 11 is 12.6. The first kappa shape index (κ1) is 48.9. The molecule has 6 rings (SSSR count). The first-order chi connectivity index (χ1) is 30.7. The van der Waals surface area contributed by atoms with E-state index in [1.54, 1.807) is 32.0 Å². The van der Waals surface area contributed by atoms with Crippen molar-refractivity contribution in [1.29, 1.82) is 0 Å². The molecule has 0 radical (unpaired) electrons. The Bertz CT molecular complexity index is 3130. The van der Waals surface area contributed by atoms with E-state index in [9.17, 15) is 40.6 Å². The number of aryl methyl sites for hydroxylation is 2. The van der Waals surface area contributed by atoms with E-state index in [4.69, 9.17) is 23.2 Å². The summed E-state index contributed by atoms with van der Waals surface area (Å²) in [6, 6.07) is 19.9. The normalized spacial score (nSPS) is 13.5. The van der Waals surface area contributed by atoms with Gasteiger partial charge in [0.05, 0.1) is 60.1 Å². The van der Waals surface area contributed by atoms with Gasteiger partial charge >= 0.3 is 0 Å². The molecular formula is C44H48Cl2N8O9S2. The second-order valence-electron chi connectivity index (χ2n) is 15.5. The Balaban J connectivity index is 1.35. The standard InChI is InChI=1S/C44H48Cl2N8O9S2/c1-7-26(8-2)39(28-11-14-30(15-12-28)47-49-40-24(5)51-53(43(40)56)37-22-31(64(58,59)60)16-18-34(37)45)29-13-20-36(33(21-29)42(55)27(9-3)10-4)48-50-41-25(6)52-54(44(41)57)38-23-32(65(61,62)63)17-19-35(38)46/h11-23,26-27,39,42,51-52,55H,7-10H2,1-6H3,(H,58,59,60)(H,61,62,63). The number of rotatable bonds is 17. The lowest BCUT2D eigenvalue weighted by Gasteiger charge is -2.28. The summed E-state index contributed by atoms with van der Waals surface area (Å²) < 4.78 is 68.3. The van der Waals surface area contributed by atoms with E-state index in [1.165, 1.54) is 12.1 Å². The van der Waals surface area contributed by atoms with E-state index in [2.05, 4.69) is 44.5 Å². The lowest BCUT2D eigenvalue weighted by molar-refractivity contribution is 0.104. The third-order valence-corrected chi connectivity index (χ3v) is 13.9. The van der Waals surface area contributed by atoms with Crippen LogP contribution in [-0.2, 0) is 20.2 Å². The van der Waals surface area contributed by atoms with Crippen molar-refractivity contribution in [1.82, 2.24) is 19.6 Å². The molecule has 0 spiro atoms. The van der Waals surface area contributed by atoms with Crippen molar-refractivity contribution in [3.05, 3.63) is 138 Å². The maximum Gasteiger partial charge on any atom is 0.299 e. The monoisotopic (exact) mass is 966 g/mol. The zero-order valence-electron chi connectivity index (χ0n) is 36.2. The van der Waals surface area contributed by atoms with Crippen LogP contribution in [0.1, 0.15) is 93.5 Å². The molecule has 0 fully saturated rings. The number of aromatic amines is 2. The third kappa shape index (κ3) is 10.5. The number of nitrogens with one attached hydrogen (secondary N) is 2. The molecule has 0 saturated carbocycles. The Labute approximate surface area is 385 Å². The van der Waals surface area contributed by atoms with Crippen molar-refractivity contribution in [2.75, 3.05) is 0 Å². The van der Waals surface area contributed by atoms with Gasteiger partial charge in [0.15, 0.2) is 11.4 Å². The number of benzene rings is 4. The van der Waals surface area contributed by atoms with Gasteiger partial charge in [0.25, 0.3) is 31.4 Å². The summed E-state index contributed by atoms with van der Waals surface area (Å²) in [5.41, 5.74) is 2.37. The second kappa shape index (κ2) is 19.9. The van der Waals surface area contributed by atoms with Crippen LogP contribution in [0.15, 0.2) is 119 Å². The number of nitrogens with zero attached hydrogens (tertiary/aromatic N) is 6. The number of hydrogen-bond donors (Lipinski definition) is 5. The molecule has 0 aliphatic rings. The summed E-state index contributed by atoms with van der Waals surface area (Å²) in [7, 11) is -9.17. The highest BCUT2D eigenvalue weighted by Gasteiger charge is 2.28. The average molecular weight is 968 g/mol. The van der Waals surface area contributed by atoms with Gasteiger partial charge in [0.2, 0.25) is 0 Å². The fraction of sp³-hybridized carbons (Fsp3) is 0.318. The van der Waals surface area contributed by atoms with Crippen molar-refractivity contribution < 1.29 is 31.0 Å². The maximum absolute atomic E-state index is 13.7. The summed E-state index contributed by atoms with van der Waals surface area (Å²) in [6.07, 6.45) is 2.10. The van der Waals surface area contributed by atoms with Crippen molar-refractivity contribution >= 4 is 66.2 Å². The first-order valence-corrected chi connectivity index (χ1v) is 24.3. The summed E-state index contributed by atoms with van der Waals surface area (Å²) in [5, 5.41) is 35.0. The summed E-state index contributed by atoms with van der Waals surface area (Å²) in [5.74, 6) is -0.0859. The Kier molecular flexibility index (Phi) is 15.0. The van der Waals surface area contributed by atoms with Gasteiger partial charge < -0.3 is 5.11 Å². The molecule has 17 nitrogen and oxygen atoms in total. The molecule has 344 valence electrons. The molecule has 2 aromatic heterocycles. The molecule has 4 aromatic carbocycles. The number of aromatic nitrogens is 4. The molecule has 5 N–H and O–H groups in total. The Morgan fingerprint density at radius 3 is 1.49 bits per heavy atom. The molecular weight excluding hydrogens is 920 g/mol. The quantitative estimate of drug-likeness (QED) is 0.0430. The van der Waals surface area contributed by atoms with Gasteiger partial charge in [-0.15, -0.1) is 15.3 Å². The van der Waals surface area contributed by atoms with Crippen LogP contribution < -0.4 is 11.1 Å². The molecule has 2 heterocycles. The Morgan fingerprint density at radius 1 is 0.600 bits per heavy atom. The predicted molar refractivity (Wildman–Crippen MR) is 248 cm³/mol. The number of H-pyrrole nitrogens is 2. The first-order valence-electron chi connectivity index (χ1n) is 20.7. The molecule has 21 heteroatoms. The molecule has 2 atom stereocenters. The fourth-order valence-corrected chi connectivity index (χ4v) is 9.24. The van der Waals surface area contributed by atoms with Crippen LogP contribution in [0.5, 0.6) is 0 Å². The molecule has 0 bridgehead atoms.